The van der Waals surface area contributed by atoms with E-state index in [1.165, 1.54) is 0 Å². The van der Waals surface area contributed by atoms with Crippen LogP contribution in [0.2, 0.25) is 0 Å². The van der Waals surface area contributed by atoms with Crippen molar-refractivity contribution in [3.05, 3.63) is 72.9 Å². The van der Waals surface area contributed by atoms with Gasteiger partial charge in [0, 0.05) is 12.8 Å². The number of Topliss-reactive ketones (excluding diaryl/α,β-unsaturated/α-hetero) is 2. The van der Waals surface area contributed by atoms with Crippen molar-refractivity contribution in [2.24, 2.45) is 0 Å². The second-order valence-electron chi connectivity index (χ2n) is 4.92. The van der Waals surface area contributed by atoms with Crippen LogP contribution in [0.25, 0.3) is 0 Å². The molecule has 2 heteroatoms. The molecule has 0 spiro atoms. The van der Waals surface area contributed by atoms with Gasteiger partial charge < -0.3 is 0 Å². The van der Waals surface area contributed by atoms with Gasteiger partial charge in [-0.15, -0.1) is 0 Å². The minimum absolute atomic E-state index is 0.00938. The van der Waals surface area contributed by atoms with Crippen molar-refractivity contribution < 1.29 is 9.59 Å². The first-order valence-electron chi connectivity index (χ1n) is 7.17. The first kappa shape index (κ1) is 16.8. The Morgan fingerprint density at radius 3 is 2.24 bits per heavy atom. The van der Waals surface area contributed by atoms with Crippen molar-refractivity contribution in [3.8, 4) is 0 Å². The third kappa shape index (κ3) is 7.21. The van der Waals surface area contributed by atoms with Gasteiger partial charge in [0.05, 0.1) is 6.42 Å². The Bertz CT molecular complexity index is 524. The third-order valence-electron chi connectivity index (χ3n) is 3.22. The lowest BCUT2D eigenvalue weighted by Crippen LogP contribution is -2.08. The highest BCUT2D eigenvalue weighted by atomic mass is 16.1. The predicted molar refractivity (Wildman–Crippen MR) is 87.1 cm³/mol. The number of carbonyl (C=O) groups is 2. The van der Waals surface area contributed by atoms with Crippen LogP contribution in [0.5, 0.6) is 0 Å². The molecular formula is C19H22O2. The number of aryl methyl sites for hydroxylation is 1. The largest absolute Gasteiger partial charge is 0.299 e. The first-order valence-corrected chi connectivity index (χ1v) is 7.17. The zero-order valence-corrected chi connectivity index (χ0v) is 12.4. The van der Waals surface area contributed by atoms with Gasteiger partial charge in [0.25, 0.3) is 0 Å². The van der Waals surface area contributed by atoms with E-state index in [1.54, 1.807) is 12.2 Å². The molecule has 0 atom stereocenters. The zero-order chi connectivity index (χ0) is 15.5. The van der Waals surface area contributed by atoms with Crippen molar-refractivity contribution >= 4 is 11.6 Å². The summed E-state index contributed by atoms with van der Waals surface area (Å²) in [5.41, 5.74) is 2.09. The first-order chi connectivity index (χ1) is 10.2. The van der Waals surface area contributed by atoms with Gasteiger partial charge in [-0.25, -0.2) is 0 Å². The Labute approximate surface area is 126 Å². The van der Waals surface area contributed by atoms with Gasteiger partial charge in [-0.05, 0) is 24.0 Å². The molecule has 0 saturated heterocycles. The average Bonchev–Trinajstić information content (AvgIpc) is 2.50. The Hall–Kier alpha value is -2.22. The van der Waals surface area contributed by atoms with Crippen LogP contribution >= 0.6 is 0 Å². The SMILES string of the molecule is C=C/C=C(\C=C)CCC(=O)CC(=O)CCc1ccccc1. The zero-order valence-electron chi connectivity index (χ0n) is 12.4. The quantitative estimate of drug-likeness (QED) is 0.475. The smallest absolute Gasteiger partial charge is 0.140 e. The molecule has 0 bridgehead atoms. The Balaban J connectivity index is 2.31. The van der Waals surface area contributed by atoms with Gasteiger partial charge >= 0.3 is 0 Å². The second kappa shape index (κ2) is 9.65. The van der Waals surface area contributed by atoms with E-state index in [-0.39, 0.29) is 18.0 Å². The third-order valence-corrected chi connectivity index (χ3v) is 3.22. The summed E-state index contributed by atoms with van der Waals surface area (Å²) >= 11 is 0. The highest BCUT2D eigenvalue weighted by Gasteiger charge is 2.10. The van der Waals surface area contributed by atoms with E-state index in [9.17, 15) is 9.59 Å². The minimum Gasteiger partial charge on any atom is -0.299 e. The number of hydrogen-bond donors (Lipinski definition) is 0. The van der Waals surface area contributed by atoms with Crippen LogP contribution < -0.4 is 0 Å². The van der Waals surface area contributed by atoms with E-state index in [0.717, 1.165) is 11.1 Å². The Morgan fingerprint density at radius 1 is 0.952 bits per heavy atom. The summed E-state index contributed by atoms with van der Waals surface area (Å²) < 4.78 is 0. The molecule has 0 aliphatic heterocycles. The predicted octanol–water partition coefficient (Wildman–Crippen LogP) is 4.23. The monoisotopic (exact) mass is 282 g/mol. The molecule has 0 aliphatic carbocycles. The molecule has 21 heavy (non-hydrogen) atoms. The molecular weight excluding hydrogens is 260 g/mol. The van der Waals surface area contributed by atoms with Gasteiger partial charge in [-0.3, -0.25) is 9.59 Å². The van der Waals surface area contributed by atoms with Crippen LogP contribution in [0.15, 0.2) is 67.3 Å². The van der Waals surface area contributed by atoms with E-state index >= 15 is 0 Å². The minimum atomic E-state index is -0.00938. The maximum atomic E-state index is 11.8. The number of benzene rings is 1. The van der Waals surface area contributed by atoms with E-state index in [1.807, 2.05) is 36.4 Å². The lowest BCUT2D eigenvalue weighted by atomic mass is 10.0. The molecule has 0 saturated carbocycles. The van der Waals surface area contributed by atoms with Gasteiger partial charge in [0.2, 0.25) is 0 Å². The molecule has 0 fully saturated rings. The molecule has 0 N–H and O–H groups in total. The van der Waals surface area contributed by atoms with E-state index in [4.69, 9.17) is 0 Å². The summed E-state index contributed by atoms with van der Waals surface area (Å²) in [7, 11) is 0. The molecule has 1 aromatic rings. The normalized spacial score (nSPS) is 11.0. The molecule has 0 aliphatic rings. The fraction of sp³-hybridized carbons (Fsp3) is 0.263. The lowest BCUT2D eigenvalue weighted by Gasteiger charge is -2.03. The Morgan fingerprint density at radius 2 is 1.62 bits per heavy atom. The highest BCUT2D eigenvalue weighted by Crippen LogP contribution is 2.10. The fourth-order valence-electron chi connectivity index (χ4n) is 2.01. The van der Waals surface area contributed by atoms with Crippen molar-refractivity contribution in [3.63, 3.8) is 0 Å². The van der Waals surface area contributed by atoms with Crippen molar-refractivity contribution in [2.75, 3.05) is 0 Å². The van der Waals surface area contributed by atoms with Gasteiger partial charge in [0.15, 0.2) is 0 Å². The van der Waals surface area contributed by atoms with Crippen LogP contribution in [-0.2, 0) is 16.0 Å². The topological polar surface area (TPSA) is 34.1 Å². The second-order valence-corrected chi connectivity index (χ2v) is 4.92. The molecule has 0 radical (unpaired) electrons. The lowest BCUT2D eigenvalue weighted by molar-refractivity contribution is -0.126. The van der Waals surface area contributed by atoms with Crippen molar-refractivity contribution in [1.82, 2.24) is 0 Å². The average molecular weight is 282 g/mol. The molecule has 0 aromatic heterocycles. The van der Waals surface area contributed by atoms with Crippen LogP contribution in [-0.4, -0.2) is 11.6 Å². The maximum absolute atomic E-state index is 11.8. The number of rotatable bonds is 10. The van der Waals surface area contributed by atoms with E-state index in [0.29, 0.717) is 25.7 Å². The highest BCUT2D eigenvalue weighted by molar-refractivity contribution is 5.99. The molecule has 1 rings (SSSR count). The van der Waals surface area contributed by atoms with E-state index < -0.39 is 0 Å². The fourth-order valence-corrected chi connectivity index (χ4v) is 2.01. The van der Waals surface area contributed by atoms with Crippen molar-refractivity contribution in [1.29, 1.82) is 0 Å². The standard InChI is InChI=1S/C19H22O2/c1-3-8-16(4-2)11-13-18(20)15-19(21)14-12-17-9-6-5-7-10-17/h3-10H,1-2,11-15H2/b16-8+. The molecule has 110 valence electrons. The van der Waals surface area contributed by atoms with E-state index in [2.05, 4.69) is 13.2 Å². The molecule has 0 amide bonds. The maximum Gasteiger partial charge on any atom is 0.140 e. The summed E-state index contributed by atoms with van der Waals surface area (Å²) in [4.78, 5) is 23.6. The number of allylic oxidation sites excluding steroid dienone is 4. The summed E-state index contributed by atoms with van der Waals surface area (Å²) in [6.07, 6.45) is 7.36. The number of ketones is 2. The molecule has 0 unspecified atom stereocenters. The van der Waals surface area contributed by atoms with Crippen LogP contribution in [0.3, 0.4) is 0 Å². The van der Waals surface area contributed by atoms with Gasteiger partial charge in [-0.2, -0.15) is 0 Å². The number of carbonyl (C=O) groups excluding carboxylic acids is 2. The van der Waals surface area contributed by atoms with Crippen LogP contribution in [0.1, 0.15) is 31.2 Å². The number of hydrogen-bond acceptors (Lipinski definition) is 2. The molecule has 2 nitrogen and oxygen atoms in total. The van der Waals surface area contributed by atoms with Gasteiger partial charge in [-0.1, -0.05) is 61.7 Å². The molecule has 1 aromatic carbocycles. The summed E-state index contributed by atoms with van der Waals surface area (Å²) in [5, 5.41) is 0. The van der Waals surface area contributed by atoms with Crippen molar-refractivity contribution in [2.45, 2.75) is 32.1 Å². The summed E-state index contributed by atoms with van der Waals surface area (Å²) in [6.45, 7) is 7.30. The Kier molecular flexibility index (Phi) is 7.73. The molecule has 0 heterocycles. The van der Waals surface area contributed by atoms with Gasteiger partial charge in [0.1, 0.15) is 11.6 Å². The summed E-state index contributed by atoms with van der Waals surface area (Å²) in [6, 6.07) is 9.83. The summed E-state index contributed by atoms with van der Waals surface area (Å²) in [5.74, 6) is 0.00146. The van der Waals surface area contributed by atoms with Crippen LogP contribution in [0.4, 0.5) is 0 Å². The van der Waals surface area contributed by atoms with Crippen LogP contribution in [0, 0.1) is 0 Å².